The van der Waals surface area contributed by atoms with Crippen molar-refractivity contribution < 1.29 is 9.66 Å². The van der Waals surface area contributed by atoms with Crippen molar-refractivity contribution in [2.45, 2.75) is 6.92 Å². The third-order valence-electron chi connectivity index (χ3n) is 2.67. The first-order valence-corrected chi connectivity index (χ1v) is 5.18. The molecule has 7 heteroatoms. The first kappa shape index (κ1) is 12.1. The number of hydrogen-bond donors (Lipinski definition) is 2. The molecule has 1 heterocycles. The number of nitrogens with zero attached hydrogens (tertiary/aromatic N) is 2. The number of hydrogen-bond acceptors (Lipinski definition) is 6. The summed E-state index contributed by atoms with van der Waals surface area (Å²) in [7, 11) is 1.48. The lowest BCUT2D eigenvalue weighted by atomic mass is 10.1. The van der Waals surface area contributed by atoms with E-state index in [4.69, 9.17) is 10.6 Å². The monoisotopic (exact) mass is 248 g/mol. The smallest absolute Gasteiger partial charge is 0.279 e. The minimum atomic E-state index is -0.446. The molecule has 0 spiro atoms. The van der Waals surface area contributed by atoms with Crippen molar-refractivity contribution in [3.8, 4) is 5.75 Å². The number of nitrogens with one attached hydrogen (secondary N) is 1. The number of nitro groups is 1. The molecule has 7 nitrogen and oxygen atoms in total. The van der Waals surface area contributed by atoms with Gasteiger partial charge in [0, 0.05) is 6.07 Å². The number of non-ortho nitro benzene ring substituents is 1. The average Bonchev–Trinajstić information content (AvgIpc) is 2.36. The standard InChI is InChI=1S/C11H12N4O3/c1-6-5-7-8(15(16)17)3-4-9(18-2)10(7)13-11(6)14-12/h3-5H,12H2,1-2H3,(H,13,14). The molecule has 0 atom stereocenters. The van der Waals surface area contributed by atoms with Gasteiger partial charge in [-0.15, -0.1) is 0 Å². The molecule has 0 unspecified atom stereocenters. The number of pyridine rings is 1. The molecule has 0 aliphatic carbocycles. The third-order valence-corrected chi connectivity index (χ3v) is 2.67. The Hall–Kier alpha value is -2.41. The van der Waals surface area contributed by atoms with Crippen LogP contribution in [0.25, 0.3) is 10.9 Å². The van der Waals surface area contributed by atoms with Crippen LogP contribution < -0.4 is 16.0 Å². The van der Waals surface area contributed by atoms with Crippen LogP contribution in [0.4, 0.5) is 11.5 Å². The first-order valence-electron chi connectivity index (χ1n) is 5.18. The maximum atomic E-state index is 11.0. The third kappa shape index (κ3) is 1.80. The molecule has 2 aromatic rings. The lowest BCUT2D eigenvalue weighted by Crippen LogP contribution is -2.10. The minimum absolute atomic E-state index is 0.00929. The summed E-state index contributed by atoms with van der Waals surface area (Å²) >= 11 is 0. The first-order chi connectivity index (χ1) is 8.58. The molecule has 0 saturated carbocycles. The maximum Gasteiger partial charge on any atom is 0.279 e. The highest BCUT2D eigenvalue weighted by atomic mass is 16.6. The van der Waals surface area contributed by atoms with Gasteiger partial charge >= 0.3 is 0 Å². The molecule has 0 aliphatic rings. The number of anilines is 1. The molecule has 1 aromatic carbocycles. The van der Waals surface area contributed by atoms with Crippen LogP contribution in [0.3, 0.4) is 0 Å². The van der Waals surface area contributed by atoms with Crippen LogP contribution >= 0.6 is 0 Å². The summed E-state index contributed by atoms with van der Waals surface area (Å²) in [5.41, 5.74) is 3.57. The molecule has 2 rings (SSSR count). The Morgan fingerprint density at radius 3 is 2.78 bits per heavy atom. The van der Waals surface area contributed by atoms with E-state index in [1.807, 2.05) is 0 Å². The second-order valence-corrected chi connectivity index (χ2v) is 3.74. The number of aryl methyl sites for hydroxylation is 1. The van der Waals surface area contributed by atoms with Crippen LogP contribution in [-0.4, -0.2) is 17.0 Å². The van der Waals surface area contributed by atoms with Crippen LogP contribution in [0.2, 0.25) is 0 Å². The number of aromatic nitrogens is 1. The molecule has 0 fully saturated rings. The van der Waals surface area contributed by atoms with Crippen molar-refractivity contribution in [3.05, 3.63) is 33.9 Å². The van der Waals surface area contributed by atoms with Crippen molar-refractivity contribution >= 4 is 22.4 Å². The van der Waals surface area contributed by atoms with E-state index in [0.717, 1.165) is 5.56 Å². The fourth-order valence-electron chi connectivity index (χ4n) is 1.79. The Balaban J connectivity index is 2.87. The van der Waals surface area contributed by atoms with Gasteiger partial charge < -0.3 is 10.2 Å². The zero-order chi connectivity index (χ0) is 13.3. The molecule has 0 radical (unpaired) electrons. The molecular weight excluding hydrogens is 236 g/mol. The van der Waals surface area contributed by atoms with Crippen LogP contribution in [0.5, 0.6) is 5.75 Å². The van der Waals surface area contributed by atoms with Crippen molar-refractivity contribution in [1.82, 2.24) is 4.98 Å². The average molecular weight is 248 g/mol. The second kappa shape index (κ2) is 4.46. The zero-order valence-electron chi connectivity index (χ0n) is 9.93. The molecule has 18 heavy (non-hydrogen) atoms. The molecular formula is C11H12N4O3. The van der Waals surface area contributed by atoms with Gasteiger partial charge in [0.2, 0.25) is 0 Å². The summed E-state index contributed by atoms with van der Waals surface area (Å²) in [5.74, 6) is 6.27. The van der Waals surface area contributed by atoms with Crippen LogP contribution in [0.15, 0.2) is 18.2 Å². The molecule has 0 amide bonds. The molecule has 94 valence electrons. The van der Waals surface area contributed by atoms with Crippen molar-refractivity contribution in [3.63, 3.8) is 0 Å². The Kier molecular flexibility index (Phi) is 2.99. The molecule has 0 saturated heterocycles. The van der Waals surface area contributed by atoms with E-state index in [1.54, 1.807) is 13.0 Å². The minimum Gasteiger partial charge on any atom is -0.494 e. The SMILES string of the molecule is COc1ccc([N+](=O)[O-])c2cc(C)c(NN)nc12. The number of rotatable bonds is 3. The van der Waals surface area contributed by atoms with E-state index in [2.05, 4.69) is 10.4 Å². The van der Waals surface area contributed by atoms with Crippen LogP contribution in [-0.2, 0) is 0 Å². The van der Waals surface area contributed by atoms with E-state index >= 15 is 0 Å². The molecule has 1 aromatic heterocycles. The Morgan fingerprint density at radius 1 is 1.50 bits per heavy atom. The van der Waals surface area contributed by atoms with Crippen LogP contribution in [0.1, 0.15) is 5.56 Å². The van der Waals surface area contributed by atoms with Gasteiger partial charge in [-0.3, -0.25) is 10.1 Å². The van der Waals surface area contributed by atoms with Gasteiger partial charge in [-0.25, -0.2) is 10.8 Å². The van der Waals surface area contributed by atoms with E-state index in [0.29, 0.717) is 22.5 Å². The highest BCUT2D eigenvalue weighted by Crippen LogP contribution is 2.33. The van der Waals surface area contributed by atoms with Gasteiger partial charge in [-0.05, 0) is 24.6 Å². The zero-order valence-corrected chi connectivity index (χ0v) is 9.93. The fraction of sp³-hybridized carbons (Fsp3) is 0.182. The largest absolute Gasteiger partial charge is 0.494 e. The van der Waals surface area contributed by atoms with Gasteiger partial charge in [-0.2, -0.15) is 0 Å². The number of nitrogens with two attached hydrogens (primary N) is 1. The summed E-state index contributed by atoms with van der Waals surface area (Å²) in [4.78, 5) is 14.8. The van der Waals surface area contributed by atoms with Gasteiger partial charge in [0.05, 0.1) is 17.4 Å². The van der Waals surface area contributed by atoms with E-state index < -0.39 is 4.92 Å². The Labute approximate surface area is 103 Å². The van der Waals surface area contributed by atoms with Gasteiger partial charge in [0.1, 0.15) is 17.1 Å². The summed E-state index contributed by atoms with van der Waals surface area (Å²) in [6, 6.07) is 4.58. The lowest BCUT2D eigenvalue weighted by Gasteiger charge is -2.09. The number of fused-ring (bicyclic) bond motifs is 1. The molecule has 0 aliphatic heterocycles. The summed E-state index contributed by atoms with van der Waals surface area (Å²) in [6.07, 6.45) is 0. The topological polar surface area (TPSA) is 103 Å². The van der Waals surface area contributed by atoms with Crippen molar-refractivity contribution in [2.24, 2.45) is 5.84 Å². The normalized spacial score (nSPS) is 10.4. The Bertz CT molecular complexity index is 627. The fourth-order valence-corrected chi connectivity index (χ4v) is 1.79. The summed E-state index contributed by atoms with van der Waals surface area (Å²) in [5, 5.41) is 11.4. The quantitative estimate of drug-likeness (QED) is 0.487. The Morgan fingerprint density at radius 2 is 2.22 bits per heavy atom. The molecule has 0 bridgehead atoms. The highest BCUT2D eigenvalue weighted by Gasteiger charge is 2.17. The van der Waals surface area contributed by atoms with Gasteiger partial charge in [-0.1, -0.05) is 0 Å². The number of benzene rings is 1. The number of nitro benzene ring substituents is 1. The van der Waals surface area contributed by atoms with E-state index in [9.17, 15) is 10.1 Å². The van der Waals surface area contributed by atoms with Crippen LogP contribution in [0, 0.1) is 17.0 Å². The predicted molar refractivity (Wildman–Crippen MR) is 67.5 cm³/mol. The van der Waals surface area contributed by atoms with E-state index in [-0.39, 0.29) is 5.69 Å². The summed E-state index contributed by atoms with van der Waals surface area (Å²) in [6.45, 7) is 1.77. The van der Waals surface area contributed by atoms with Crippen molar-refractivity contribution in [2.75, 3.05) is 12.5 Å². The second-order valence-electron chi connectivity index (χ2n) is 3.74. The summed E-state index contributed by atoms with van der Waals surface area (Å²) < 4.78 is 5.15. The van der Waals surface area contributed by atoms with Gasteiger partial charge in [0.15, 0.2) is 0 Å². The number of ether oxygens (including phenoxy) is 1. The van der Waals surface area contributed by atoms with Crippen molar-refractivity contribution in [1.29, 1.82) is 0 Å². The number of nitrogen functional groups attached to an aromatic ring is 1. The number of hydrazine groups is 1. The highest BCUT2D eigenvalue weighted by molar-refractivity contribution is 5.94. The lowest BCUT2D eigenvalue weighted by molar-refractivity contribution is -0.383. The predicted octanol–water partition coefficient (Wildman–Crippen LogP) is 1.75. The number of methoxy groups -OCH3 is 1. The van der Waals surface area contributed by atoms with E-state index in [1.165, 1.54) is 19.2 Å². The molecule has 3 N–H and O–H groups in total. The maximum absolute atomic E-state index is 11.0. The van der Waals surface area contributed by atoms with Gasteiger partial charge in [0.25, 0.3) is 5.69 Å².